The number of nitrogens with two attached hydrogens (primary N) is 1. The van der Waals surface area contributed by atoms with Crippen molar-refractivity contribution in [2.24, 2.45) is 5.73 Å². The van der Waals surface area contributed by atoms with Crippen molar-refractivity contribution in [2.75, 3.05) is 6.61 Å². The van der Waals surface area contributed by atoms with Gasteiger partial charge in [0.15, 0.2) is 0 Å². The predicted octanol–water partition coefficient (Wildman–Crippen LogP) is -0.362. The van der Waals surface area contributed by atoms with E-state index in [4.69, 9.17) is 15.9 Å². The van der Waals surface area contributed by atoms with Gasteiger partial charge in [0.2, 0.25) is 5.91 Å². The van der Waals surface area contributed by atoms with E-state index in [1.807, 2.05) is 6.07 Å². The van der Waals surface area contributed by atoms with Gasteiger partial charge in [0.1, 0.15) is 6.04 Å². The van der Waals surface area contributed by atoms with Gasteiger partial charge in [0.05, 0.1) is 6.61 Å². The summed E-state index contributed by atoms with van der Waals surface area (Å²) < 4.78 is 0. The number of aliphatic carboxylic acids is 1. The van der Waals surface area contributed by atoms with Crippen LogP contribution in [0.5, 0.6) is 0 Å². The second kappa shape index (κ2) is 6.73. The highest BCUT2D eigenvalue weighted by molar-refractivity contribution is 5.84. The summed E-state index contributed by atoms with van der Waals surface area (Å²) in [4.78, 5) is 22.2. The Bertz CT molecular complexity index is 408. The number of aliphatic hydroxyl groups excluding tert-OH is 1. The highest BCUT2D eigenvalue weighted by Crippen LogP contribution is 2.12. The fourth-order valence-electron chi connectivity index (χ4n) is 1.46. The fraction of sp³-hybridized carbons (Fsp3) is 0.333. The molecule has 0 spiro atoms. The smallest absolute Gasteiger partial charge is 0.328 e. The molecule has 0 heterocycles. The van der Waals surface area contributed by atoms with E-state index in [0.29, 0.717) is 0 Å². The normalized spacial score (nSPS) is 13.7. The average Bonchev–Trinajstić information content (AvgIpc) is 2.36. The first-order chi connectivity index (χ1) is 8.54. The third kappa shape index (κ3) is 4.15. The molecule has 98 valence electrons. The number of carbonyl (C=O) groups is 2. The molecule has 1 rings (SSSR count). The summed E-state index contributed by atoms with van der Waals surface area (Å²) in [6.45, 7) is -0.651. The summed E-state index contributed by atoms with van der Waals surface area (Å²) in [5.74, 6) is -1.79. The predicted molar refractivity (Wildman–Crippen MR) is 64.6 cm³/mol. The number of nitrogens with one attached hydrogen (secondary N) is 1. The van der Waals surface area contributed by atoms with Crippen molar-refractivity contribution in [2.45, 2.75) is 18.5 Å². The van der Waals surface area contributed by atoms with Gasteiger partial charge in [-0.3, -0.25) is 4.79 Å². The van der Waals surface area contributed by atoms with Crippen LogP contribution < -0.4 is 11.1 Å². The Hall–Kier alpha value is -1.92. The number of hydrogen-bond donors (Lipinski definition) is 4. The summed E-state index contributed by atoms with van der Waals surface area (Å²) in [6, 6.07) is 7.24. The molecule has 0 bridgehead atoms. The number of carbonyl (C=O) groups excluding carboxylic acids is 1. The molecule has 0 fully saturated rings. The number of carboxylic acids is 1. The maximum absolute atomic E-state index is 11.5. The Morgan fingerprint density at radius 2 is 1.89 bits per heavy atom. The topological polar surface area (TPSA) is 113 Å². The van der Waals surface area contributed by atoms with Gasteiger partial charge in [0, 0.05) is 12.5 Å². The lowest BCUT2D eigenvalue weighted by molar-refractivity contribution is -0.143. The lowest BCUT2D eigenvalue weighted by atomic mass is 10.0. The summed E-state index contributed by atoms with van der Waals surface area (Å²) in [5, 5.41) is 19.6. The Morgan fingerprint density at radius 1 is 1.28 bits per heavy atom. The minimum absolute atomic E-state index is 0.0339. The van der Waals surface area contributed by atoms with Crippen LogP contribution in [0.2, 0.25) is 0 Å². The number of hydrogen-bond acceptors (Lipinski definition) is 4. The van der Waals surface area contributed by atoms with Crippen molar-refractivity contribution < 1.29 is 19.8 Å². The summed E-state index contributed by atoms with van der Waals surface area (Å²) in [5.41, 5.74) is 6.61. The van der Waals surface area contributed by atoms with E-state index < -0.39 is 30.6 Å². The second-order valence-corrected chi connectivity index (χ2v) is 3.86. The van der Waals surface area contributed by atoms with E-state index >= 15 is 0 Å². The van der Waals surface area contributed by atoms with E-state index in [9.17, 15) is 9.59 Å². The first-order valence-electron chi connectivity index (χ1n) is 5.48. The second-order valence-electron chi connectivity index (χ2n) is 3.86. The fourth-order valence-corrected chi connectivity index (χ4v) is 1.46. The van der Waals surface area contributed by atoms with Crippen LogP contribution in [-0.2, 0) is 9.59 Å². The summed E-state index contributed by atoms with van der Waals surface area (Å²) >= 11 is 0. The maximum atomic E-state index is 11.5. The third-order valence-electron chi connectivity index (χ3n) is 2.45. The molecule has 1 amide bonds. The van der Waals surface area contributed by atoms with Gasteiger partial charge in [-0.05, 0) is 5.56 Å². The number of benzene rings is 1. The summed E-state index contributed by atoms with van der Waals surface area (Å²) in [6.07, 6.45) is -0.0339. The zero-order valence-corrected chi connectivity index (χ0v) is 9.74. The maximum Gasteiger partial charge on any atom is 0.328 e. The Labute approximate surface area is 104 Å². The molecule has 2 atom stereocenters. The Morgan fingerprint density at radius 3 is 2.39 bits per heavy atom. The van der Waals surface area contributed by atoms with E-state index in [1.165, 1.54) is 0 Å². The molecule has 0 aliphatic heterocycles. The molecule has 0 saturated carbocycles. The molecule has 0 aliphatic carbocycles. The van der Waals surface area contributed by atoms with E-state index in [0.717, 1.165) is 5.56 Å². The van der Waals surface area contributed by atoms with Crippen LogP contribution in [0.4, 0.5) is 0 Å². The van der Waals surface area contributed by atoms with Crippen LogP contribution in [0.1, 0.15) is 18.0 Å². The van der Waals surface area contributed by atoms with Crippen molar-refractivity contribution in [3.05, 3.63) is 35.9 Å². The van der Waals surface area contributed by atoms with Gasteiger partial charge in [-0.15, -0.1) is 0 Å². The van der Waals surface area contributed by atoms with Gasteiger partial charge >= 0.3 is 5.97 Å². The number of carboxylic acid groups (broad SMARTS) is 1. The van der Waals surface area contributed by atoms with Crippen molar-refractivity contribution in [1.29, 1.82) is 0 Å². The Balaban J connectivity index is 2.52. The molecule has 5 N–H and O–H groups in total. The largest absolute Gasteiger partial charge is 0.480 e. The monoisotopic (exact) mass is 252 g/mol. The van der Waals surface area contributed by atoms with Gasteiger partial charge in [-0.1, -0.05) is 30.3 Å². The lowest BCUT2D eigenvalue weighted by Crippen LogP contribution is -2.44. The number of amides is 1. The van der Waals surface area contributed by atoms with Crippen molar-refractivity contribution >= 4 is 11.9 Å². The molecule has 0 radical (unpaired) electrons. The molecular weight excluding hydrogens is 236 g/mol. The molecule has 1 aromatic rings. The highest BCUT2D eigenvalue weighted by Gasteiger charge is 2.20. The Kier molecular flexibility index (Phi) is 5.29. The lowest BCUT2D eigenvalue weighted by Gasteiger charge is -2.15. The third-order valence-corrected chi connectivity index (χ3v) is 2.45. The molecule has 1 aromatic carbocycles. The molecule has 6 nitrogen and oxygen atoms in total. The van der Waals surface area contributed by atoms with Crippen LogP contribution in [-0.4, -0.2) is 34.7 Å². The van der Waals surface area contributed by atoms with E-state index in [2.05, 4.69) is 5.32 Å². The first-order valence-corrected chi connectivity index (χ1v) is 5.48. The van der Waals surface area contributed by atoms with Crippen molar-refractivity contribution in [3.63, 3.8) is 0 Å². The van der Waals surface area contributed by atoms with E-state index in [1.54, 1.807) is 24.3 Å². The van der Waals surface area contributed by atoms with Crippen LogP contribution in [0.3, 0.4) is 0 Å². The molecule has 0 saturated heterocycles. The number of aliphatic hydroxyl groups is 1. The first kappa shape index (κ1) is 14.1. The van der Waals surface area contributed by atoms with Crippen LogP contribution >= 0.6 is 0 Å². The van der Waals surface area contributed by atoms with Gasteiger partial charge in [0.25, 0.3) is 0 Å². The average molecular weight is 252 g/mol. The molecule has 6 heteroatoms. The quantitative estimate of drug-likeness (QED) is 0.552. The van der Waals surface area contributed by atoms with E-state index in [-0.39, 0.29) is 6.42 Å². The minimum atomic E-state index is -1.29. The van der Waals surface area contributed by atoms with Crippen molar-refractivity contribution in [3.8, 4) is 0 Å². The highest BCUT2D eigenvalue weighted by atomic mass is 16.4. The van der Waals surface area contributed by atoms with Crippen LogP contribution in [0, 0.1) is 0 Å². The van der Waals surface area contributed by atoms with Crippen LogP contribution in [0.15, 0.2) is 30.3 Å². The standard InChI is InChI=1S/C12H16N2O4/c13-9(8-4-2-1-3-5-8)6-11(16)14-10(7-15)12(17)18/h1-5,9-10,15H,6-7,13H2,(H,14,16)(H,17,18). The zero-order chi connectivity index (χ0) is 13.5. The molecule has 2 unspecified atom stereocenters. The van der Waals surface area contributed by atoms with Gasteiger partial charge in [-0.2, -0.15) is 0 Å². The molecule has 0 aliphatic rings. The molecular formula is C12H16N2O4. The molecule has 18 heavy (non-hydrogen) atoms. The number of rotatable bonds is 6. The summed E-state index contributed by atoms with van der Waals surface area (Å²) in [7, 11) is 0. The molecule has 0 aromatic heterocycles. The van der Waals surface area contributed by atoms with Crippen LogP contribution in [0.25, 0.3) is 0 Å². The van der Waals surface area contributed by atoms with Crippen molar-refractivity contribution in [1.82, 2.24) is 5.32 Å². The SMILES string of the molecule is NC(CC(=O)NC(CO)C(=O)O)c1ccccc1. The zero-order valence-electron chi connectivity index (χ0n) is 9.74. The van der Waals surface area contributed by atoms with Gasteiger partial charge < -0.3 is 21.3 Å². The van der Waals surface area contributed by atoms with Gasteiger partial charge in [-0.25, -0.2) is 4.79 Å². The minimum Gasteiger partial charge on any atom is -0.480 e.